The van der Waals surface area contributed by atoms with E-state index < -0.39 is 0 Å². The van der Waals surface area contributed by atoms with Gasteiger partial charge in [0.2, 0.25) is 0 Å². The normalized spacial score (nSPS) is 11.5. The van der Waals surface area contributed by atoms with Crippen LogP contribution in [-0.2, 0) is 4.74 Å². The number of halogens is 1. The summed E-state index contributed by atoms with van der Waals surface area (Å²) in [6.45, 7) is 4.13. The van der Waals surface area contributed by atoms with Gasteiger partial charge in [0.1, 0.15) is 0 Å². The van der Waals surface area contributed by atoms with Gasteiger partial charge in [-0.3, -0.25) is 0 Å². The molecule has 0 fully saturated rings. The highest BCUT2D eigenvalue weighted by Crippen LogP contribution is 2.12. The van der Waals surface area contributed by atoms with Crippen LogP contribution in [0.4, 0.5) is 5.69 Å². The summed E-state index contributed by atoms with van der Waals surface area (Å²) < 4.78 is 5.38. The molecule has 0 saturated carbocycles. The average molecular weight is 286 g/mol. The maximum Gasteiger partial charge on any atom is 0.338 e. The van der Waals surface area contributed by atoms with Crippen LogP contribution in [-0.4, -0.2) is 12.1 Å². The van der Waals surface area contributed by atoms with Crippen LogP contribution in [0.25, 0.3) is 0 Å². The number of ether oxygens (including phenoxy) is 1. The lowest BCUT2D eigenvalue weighted by atomic mass is 10.1. The van der Waals surface area contributed by atoms with E-state index in [0.717, 1.165) is 12.8 Å². The predicted molar refractivity (Wildman–Crippen MR) is 81.7 cm³/mol. The monoisotopic (exact) mass is 285 g/mol. The van der Waals surface area contributed by atoms with Crippen LogP contribution in [0, 0.1) is 0 Å². The van der Waals surface area contributed by atoms with Gasteiger partial charge >= 0.3 is 5.97 Å². The van der Waals surface area contributed by atoms with Crippen LogP contribution in [0.3, 0.4) is 0 Å². The summed E-state index contributed by atoms with van der Waals surface area (Å²) in [4.78, 5) is 11.8. The van der Waals surface area contributed by atoms with Gasteiger partial charge in [-0.1, -0.05) is 26.2 Å². The quantitative estimate of drug-likeness (QED) is 0.464. The van der Waals surface area contributed by atoms with Crippen molar-refractivity contribution < 1.29 is 9.53 Å². The van der Waals surface area contributed by atoms with E-state index in [1.54, 1.807) is 24.3 Å². The highest BCUT2D eigenvalue weighted by Gasteiger charge is 2.11. The second kappa shape index (κ2) is 9.68. The molecule has 3 nitrogen and oxygen atoms in total. The Labute approximate surface area is 121 Å². The fourth-order valence-electron chi connectivity index (χ4n) is 1.79. The van der Waals surface area contributed by atoms with Gasteiger partial charge < -0.3 is 10.5 Å². The summed E-state index contributed by atoms with van der Waals surface area (Å²) in [6, 6.07) is 6.81. The molecule has 0 bridgehead atoms. The van der Waals surface area contributed by atoms with Crippen molar-refractivity contribution in [2.75, 3.05) is 5.73 Å². The van der Waals surface area contributed by atoms with Crippen molar-refractivity contribution in [2.24, 2.45) is 0 Å². The minimum absolute atomic E-state index is 0. The molecule has 0 radical (unpaired) electrons. The van der Waals surface area contributed by atoms with Crippen LogP contribution in [0.15, 0.2) is 24.3 Å². The van der Waals surface area contributed by atoms with Crippen molar-refractivity contribution >= 4 is 24.1 Å². The van der Waals surface area contributed by atoms with E-state index in [1.807, 2.05) is 6.92 Å². The number of carbonyl (C=O) groups excluding carboxylic acids is 1. The Balaban J connectivity index is 0.00000324. The Morgan fingerprint density at radius 3 is 2.42 bits per heavy atom. The summed E-state index contributed by atoms with van der Waals surface area (Å²) in [6.07, 6.45) is 5.70. The highest BCUT2D eigenvalue weighted by atomic mass is 35.5. The number of benzene rings is 1. The van der Waals surface area contributed by atoms with Gasteiger partial charge in [0, 0.05) is 5.69 Å². The third-order valence-electron chi connectivity index (χ3n) is 2.92. The third kappa shape index (κ3) is 7.06. The average Bonchev–Trinajstić information content (AvgIpc) is 2.35. The van der Waals surface area contributed by atoms with E-state index in [0.29, 0.717) is 11.3 Å². The van der Waals surface area contributed by atoms with E-state index in [4.69, 9.17) is 10.5 Å². The maximum absolute atomic E-state index is 11.8. The molecule has 0 amide bonds. The largest absolute Gasteiger partial charge is 0.459 e. The molecule has 0 aliphatic rings. The summed E-state index contributed by atoms with van der Waals surface area (Å²) >= 11 is 0. The van der Waals surface area contributed by atoms with Gasteiger partial charge in [-0.15, -0.1) is 12.4 Å². The molecule has 1 atom stereocenters. The van der Waals surface area contributed by atoms with Gasteiger partial charge in [-0.05, 0) is 44.0 Å². The molecule has 19 heavy (non-hydrogen) atoms. The van der Waals surface area contributed by atoms with E-state index in [2.05, 4.69) is 6.92 Å². The first-order chi connectivity index (χ1) is 8.63. The molecule has 0 heterocycles. The Bertz CT molecular complexity index is 365. The zero-order chi connectivity index (χ0) is 13.4. The predicted octanol–water partition coefficient (Wildman–Crippen LogP) is 4.21. The number of esters is 1. The van der Waals surface area contributed by atoms with Crippen molar-refractivity contribution in [3.63, 3.8) is 0 Å². The van der Waals surface area contributed by atoms with Crippen molar-refractivity contribution in [3.05, 3.63) is 29.8 Å². The fourth-order valence-corrected chi connectivity index (χ4v) is 1.79. The number of anilines is 1. The highest BCUT2D eigenvalue weighted by molar-refractivity contribution is 5.89. The molecule has 2 N–H and O–H groups in total. The SMILES string of the molecule is CCCCCCC(C)OC(=O)c1ccc(N)cc1.Cl. The second-order valence-electron chi connectivity index (χ2n) is 4.69. The fraction of sp³-hybridized carbons (Fsp3) is 0.533. The molecule has 4 heteroatoms. The second-order valence-corrected chi connectivity index (χ2v) is 4.69. The Morgan fingerprint density at radius 2 is 1.84 bits per heavy atom. The van der Waals surface area contributed by atoms with Gasteiger partial charge in [-0.2, -0.15) is 0 Å². The number of hydrogen-bond donors (Lipinski definition) is 1. The lowest BCUT2D eigenvalue weighted by Gasteiger charge is -2.13. The number of hydrogen-bond acceptors (Lipinski definition) is 3. The minimum Gasteiger partial charge on any atom is -0.459 e. The molecule has 0 spiro atoms. The van der Waals surface area contributed by atoms with E-state index in [1.165, 1.54) is 19.3 Å². The van der Waals surface area contributed by atoms with Gasteiger partial charge in [0.15, 0.2) is 0 Å². The smallest absolute Gasteiger partial charge is 0.338 e. The summed E-state index contributed by atoms with van der Waals surface area (Å²) in [5.74, 6) is -0.266. The van der Waals surface area contributed by atoms with E-state index in [-0.39, 0.29) is 24.5 Å². The van der Waals surface area contributed by atoms with E-state index in [9.17, 15) is 4.79 Å². The van der Waals surface area contributed by atoms with Gasteiger partial charge in [-0.25, -0.2) is 4.79 Å². The minimum atomic E-state index is -0.266. The van der Waals surface area contributed by atoms with Crippen molar-refractivity contribution in [1.82, 2.24) is 0 Å². The molecular weight excluding hydrogens is 262 g/mol. The van der Waals surface area contributed by atoms with Crippen LogP contribution in [0.1, 0.15) is 56.3 Å². The molecule has 0 aromatic heterocycles. The topological polar surface area (TPSA) is 52.3 Å². The lowest BCUT2D eigenvalue weighted by molar-refractivity contribution is 0.0319. The number of nitrogens with two attached hydrogens (primary N) is 1. The number of rotatable bonds is 7. The molecule has 0 aliphatic carbocycles. The molecule has 1 aromatic carbocycles. The first-order valence-corrected chi connectivity index (χ1v) is 6.70. The Morgan fingerprint density at radius 1 is 1.21 bits per heavy atom. The summed E-state index contributed by atoms with van der Waals surface area (Å²) in [7, 11) is 0. The van der Waals surface area contributed by atoms with Crippen molar-refractivity contribution in [2.45, 2.75) is 52.1 Å². The molecule has 0 saturated heterocycles. The van der Waals surface area contributed by atoms with Crippen LogP contribution in [0.5, 0.6) is 0 Å². The van der Waals surface area contributed by atoms with Crippen LogP contribution < -0.4 is 5.73 Å². The van der Waals surface area contributed by atoms with Gasteiger partial charge in [0.25, 0.3) is 0 Å². The van der Waals surface area contributed by atoms with Crippen molar-refractivity contribution in [1.29, 1.82) is 0 Å². The zero-order valence-corrected chi connectivity index (χ0v) is 12.5. The summed E-state index contributed by atoms with van der Waals surface area (Å²) in [5.41, 5.74) is 6.78. The maximum atomic E-state index is 11.8. The number of unbranched alkanes of at least 4 members (excludes halogenated alkanes) is 3. The molecule has 1 rings (SSSR count). The van der Waals surface area contributed by atoms with Crippen molar-refractivity contribution in [3.8, 4) is 0 Å². The Kier molecular flexibility index (Phi) is 9.06. The first-order valence-electron chi connectivity index (χ1n) is 6.70. The summed E-state index contributed by atoms with van der Waals surface area (Å²) in [5, 5.41) is 0. The van der Waals surface area contributed by atoms with Gasteiger partial charge in [0.05, 0.1) is 11.7 Å². The zero-order valence-electron chi connectivity index (χ0n) is 11.7. The standard InChI is InChI=1S/C15H23NO2.ClH/c1-3-4-5-6-7-12(2)18-15(17)13-8-10-14(16)11-9-13;/h8-12H,3-7,16H2,1-2H3;1H. The lowest BCUT2D eigenvalue weighted by Crippen LogP contribution is -2.15. The van der Waals surface area contributed by atoms with Crippen LogP contribution >= 0.6 is 12.4 Å². The van der Waals surface area contributed by atoms with E-state index >= 15 is 0 Å². The molecule has 0 aliphatic heterocycles. The third-order valence-corrected chi connectivity index (χ3v) is 2.92. The first kappa shape index (κ1) is 17.8. The number of carbonyl (C=O) groups is 1. The van der Waals surface area contributed by atoms with Crippen LogP contribution in [0.2, 0.25) is 0 Å². The molecule has 1 aromatic rings. The Hall–Kier alpha value is -1.22. The molecule has 108 valence electrons. The molecule has 1 unspecified atom stereocenters. The number of nitrogen functional groups attached to an aromatic ring is 1. The molecular formula is C15H24ClNO2.